The molecule has 7 heteroatoms. The van der Waals surface area contributed by atoms with Crippen LogP contribution in [0.1, 0.15) is 0 Å². The van der Waals surface area contributed by atoms with Crippen LogP contribution in [0.25, 0.3) is 22.4 Å². The zero-order valence-electron chi connectivity index (χ0n) is 12.8. The Morgan fingerprint density at radius 3 is 2.58 bits per heavy atom. The second kappa shape index (κ2) is 5.90. The highest BCUT2D eigenvalue weighted by Crippen LogP contribution is 2.24. The van der Waals surface area contributed by atoms with Gasteiger partial charge in [-0.2, -0.15) is 0 Å². The predicted octanol–water partition coefficient (Wildman–Crippen LogP) is 3.82. The molecule has 0 aliphatic heterocycles. The number of hydrogen-bond acceptors (Lipinski definition) is 5. The highest BCUT2D eigenvalue weighted by molar-refractivity contribution is 6.29. The number of fused-ring (bicyclic) bond motifs is 1. The van der Waals surface area contributed by atoms with Crippen molar-refractivity contribution in [3.8, 4) is 11.4 Å². The quantitative estimate of drug-likeness (QED) is 0.576. The maximum absolute atomic E-state index is 5.98. The first kappa shape index (κ1) is 14.6. The number of aromatic nitrogens is 5. The molecule has 0 aliphatic rings. The number of imidazole rings is 1. The SMILES string of the molecule is Cn1ccnc1-c1ccc(Nc2ncnc3ccc(Cl)nc23)cc1. The third-order valence-electron chi connectivity index (χ3n) is 3.67. The van der Waals surface area contributed by atoms with Crippen molar-refractivity contribution in [3.05, 3.63) is 60.3 Å². The van der Waals surface area contributed by atoms with E-state index in [1.54, 1.807) is 12.3 Å². The standard InChI is InChI=1S/C17H13ClN6/c1-24-9-8-19-17(24)11-2-4-12(5-3-11)22-16-15-13(20-10-21-16)6-7-14(18)23-15/h2-10H,1H3,(H,20,21,22). The summed E-state index contributed by atoms with van der Waals surface area (Å²) in [5.74, 6) is 1.54. The number of halogens is 1. The Morgan fingerprint density at radius 1 is 1.00 bits per heavy atom. The van der Waals surface area contributed by atoms with Crippen LogP contribution in [0.5, 0.6) is 0 Å². The maximum atomic E-state index is 5.98. The van der Waals surface area contributed by atoms with Gasteiger partial charge in [0.25, 0.3) is 0 Å². The largest absolute Gasteiger partial charge is 0.338 e. The van der Waals surface area contributed by atoms with Crippen LogP contribution in [0.3, 0.4) is 0 Å². The molecule has 0 fully saturated rings. The van der Waals surface area contributed by atoms with E-state index in [0.29, 0.717) is 16.5 Å². The molecule has 3 aromatic heterocycles. The van der Waals surface area contributed by atoms with Crippen molar-refractivity contribution in [2.45, 2.75) is 0 Å². The molecule has 4 rings (SSSR count). The van der Waals surface area contributed by atoms with E-state index < -0.39 is 0 Å². The Balaban J connectivity index is 1.67. The zero-order valence-corrected chi connectivity index (χ0v) is 13.6. The molecule has 0 saturated carbocycles. The summed E-state index contributed by atoms with van der Waals surface area (Å²) in [6.07, 6.45) is 5.20. The monoisotopic (exact) mass is 336 g/mol. The molecule has 0 atom stereocenters. The fourth-order valence-electron chi connectivity index (χ4n) is 2.49. The van der Waals surface area contributed by atoms with Crippen LogP contribution in [0.2, 0.25) is 5.15 Å². The van der Waals surface area contributed by atoms with Crippen LogP contribution >= 0.6 is 11.6 Å². The molecule has 3 heterocycles. The molecule has 0 bridgehead atoms. The van der Waals surface area contributed by atoms with Gasteiger partial charge in [0, 0.05) is 30.7 Å². The van der Waals surface area contributed by atoms with Gasteiger partial charge < -0.3 is 9.88 Å². The Hall–Kier alpha value is -2.99. The van der Waals surface area contributed by atoms with E-state index in [1.165, 1.54) is 6.33 Å². The van der Waals surface area contributed by atoms with Crippen LogP contribution in [0.4, 0.5) is 11.5 Å². The molecule has 118 valence electrons. The van der Waals surface area contributed by atoms with E-state index >= 15 is 0 Å². The second-order valence-electron chi connectivity index (χ2n) is 5.29. The van der Waals surface area contributed by atoms with Crippen LogP contribution in [0, 0.1) is 0 Å². The molecule has 6 nitrogen and oxygen atoms in total. The Labute approximate surface area is 143 Å². The van der Waals surface area contributed by atoms with Crippen molar-refractivity contribution < 1.29 is 0 Å². The van der Waals surface area contributed by atoms with Crippen molar-refractivity contribution in [2.75, 3.05) is 5.32 Å². The number of hydrogen-bond donors (Lipinski definition) is 1. The van der Waals surface area contributed by atoms with Gasteiger partial charge >= 0.3 is 0 Å². The summed E-state index contributed by atoms with van der Waals surface area (Å²) in [5.41, 5.74) is 3.32. The summed E-state index contributed by atoms with van der Waals surface area (Å²) in [6, 6.07) is 11.5. The fraction of sp³-hybridized carbons (Fsp3) is 0.0588. The highest BCUT2D eigenvalue weighted by atomic mass is 35.5. The van der Waals surface area contributed by atoms with E-state index in [4.69, 9.17) is 11.6 Å². The molecular formula is C17H13ClN6. The lowest BCUT2D eigenvalue weighted by Gasteiger charge is -2.09. The van der Waals surface area contributed by atoms with Gasteiger partial charge in [-0.25, -0.2) is 19.9 Å². The number of nitrogens with one attached hydrogen (secondary N) is 1. The van der Waals surface area contributed by atoms with Crippen molar-refractivity contribution in [3.63, 3.8) is 0 Å². The number of anilines is 2. The average molecular weight is 337 g/mol. The van der Waals surface area contributed by atoms with Crippen LogP contribution < -0.4 is 5.32 Å². The summed E-state index contributed by atoms with van der Waals surface area (Å²) in [5, 5.41) is 3.67. The number of benzene rings is 1. The van der Waals surface area contributed by atoms with E-state index in [9.17, 15) is 0 Å². The van der Waals surface area contributed by atoms with Gasteiger partial charge in [-0.1, -0.05) is 11.6 Å². The van der Waals surface area contributed by atoms with Gasteiger partial charge in [0.05, 0.1) is 5.52 Å². The topological polar surface area (TPSA) is 68.5 Å². The molecule has 4 aromatic rings. The molecule has 1 aromatic carbocycles. The van der Waals surface area contributed by atoms with Gasteiger partial charge in [0.2, 0.25) is 0 Å². The van der Waals surface area contributed by atoms with Gasteiger partial charge in [-0.3, -0.25) is 0 Å². The number of pyridine rings is 1. The summed E-state index contributed by atoms with van der Waals surface area (Å²) in [6.45, 7) is 0. The van der Waals surface area contributed by atoms with Gasteiger partial charge in [-0.15, -0.1) is 0 Å². The lowest BCUT2D eigenvalue weighted by atomic mass is 10.2. The van der Waals surface area contributed by atoms with Gasteiger partial charge in [0.15, 0.2) is 5.82 Å². The van der Waals surface area contributed by atoms with Crippen molar-refractivity contribution in [2.24, 2.45) is 7.05 Å². The third-order valence-corrected chi connectivity index (χ3v) is 3.89. The number of rotatable bonds is 3. The first-order valence-corrected chi connectivity index (χ1v) is 7.70. The normalized spacial score (nSPS) is 10.9. The van der Waals surface area contributed by atoms with Gasteiger partial charge in [0.1, 0.15) is 22.8 Å². The maximum Gasteiger partial charge on any atom is 0.160 e. The first-order chi connectivity index (χ1) is 11.7. The van der Waals surface area contributed by atoms with Crippen LogP contribution in [-0.4, -0.2) is 24.5 Å². The third kappa shape index (κ3) is 2.68. The molecular weight excluding hydrogens is 324 g/mol. The Morgan fingerprint density at radius 2 is 1.83 bits per heavy atom. The van der Waals surface area contributed by atoms with E-state index in [-0.39, 0.29) is 0 Å². The molecule has 0 radical (unpaired) electrons. The minimum absolute atomic E-state index is 0.408. The average Bonchev–Trinajstić information content (AvgIpc) is 3.02. The molecule has 0 spiro atoms. The molecule has 0 aliphatic carbocycles. The van der Waals surface area contributed by atoms with E-state index in [2.05, 4.69) is 25.3 Å². The summed E-state index contributed by atoms with van der Waals surface area (Å²) >= 11 is 5.98. The smallest absolute Gasteiger partial charge is 0.160 e. The molecule has 0 unspecified atom stereocenters. The lowest BCUT2D eigenvalue weighted by Crippen LogP contribution is -1.98. The summed E-state index contributed by atoms with van der Waals surface area (Å²) in [7, 11) is 1.97. The lowest BCUT2D eigenvalue weighted by molar-refractivity contribution is 0.925. The van der Waals surface area contributed by atoms with E-state index in [1.807, 2.05) is 48.1 Å². The Kier molecular flexibility index (Phi) is 3.59. The minimum Gasteiger partial charge on any atom is -0.338 e. The zero-order chi connectivity index (χ0) is 16.5. The highest BCUT2D eigenvalue weighted by Gasteiger charge is 2.07. The summed E-state index contributed by atoms with van der Waals surface area (Å²) in [4.78, 5) is 17.1. The van der Waals surface area contributed by atoms with Crippen LogP contribution in [0.15, 0.2) is 55.1 Å². The van der Waals surface area contributed by atoms with E-state index in [0.717, 1.165) is 22.6 Å². The predicted molar refractivity (Wildman–Crippen MR) is 94.3 cm³/mol. The number of aryl methyl sites for hydroxylation is 1. The van der Waals surface area contributed by atoms with Crippen molar-refractivity contribution >= 4 is 34.1 Å². The fourth-order valence-corrected chi connectivity index (χ4v) is 2.64. The van der Waals surface area contributed by atoms with Crippen LogP contribution in [-0.2, 0) is 7.05 Å². The molecule has 0 amide bonds. The second-order valence-corrected chi connectivity index (χ2v) is 5.68. The first-order valence-electron chi connectivity index (χ1n) is 7.33. The molecule has 1 N–H and O–H groups in total. The molecule has 24 heavy (non-hydrogen) atoms. The number of nitrogens with zero attached hydrogens (tertiary/aromatic N) is 5. The minimum atomic E-state index is 0.408. The van der Waals surface area contributed by atoms with Crippen molar-refractivity contribution in [1.29, 1.82) is 0 Å². The van der Waals surface area contributed by atoms with Gasteiger partial charge in [-0.05, 0) is 36.4 Å². The van der Waals surface area contributed by atoms with Crippen molar-refractivity contribution in [1.82, 2.24) is 24.5 Å². The summed E-state index contributed by atoms with van der Waals surface area (Å²) < 4.78 is 1.98. The Bertz CT molecular complexity index is 1010. The molecule has 0 saturated heterocycles.